The summed E-state index contributed by atoms with van der Waals surface area (Å²) in [6, 6.07) is 6.78. The molecule has 1 N–H and O–H groups in total. The summed E-state index contributed by atoms with van der Waals surface area (Å²) < 4.78 is 6.93. The van der Waals surface area contributed by atoms with Gasteiger partial charge in [0.2, 0.25) is 0 Å². The van der Waals surface area contributed by atoms with Crippen molar-refractivity contribution in [3.05, 3.63) is 28.2 Å². The standard InChI is InChI=1S/C16H25BrN2O/c1-3-19(4-2)10-9-18-15-6-5-11-20-16-12-13(17)7-8-14(15)16/h7-8,12,15,18H,3-6,9-11H2,1-2H3. The smallest absolute Gasteiger partial charge is 0.125 e. The zero-order valence-electron chi connectivity index (χ0n) is 12.5. The Labute approximate surface area is 130 Å². The van der Waals surface area contributed by atoms with Gasteiger partial charge in [0.1, 0.15) is 5.75 Å². The molecule has 0 fully saturated rings. The monoisotopic (exact) mass is 340 g/mol. The quantitative estimate of drug-likeness (QED) is 0.856. The van der Waals surface area contributed by atoms with Gasteiger partial charge >= 0.3 is 0 Å². The Hall–Kier alpha value is -0.580. The van der Waals surface area contributed by atoms with Gasteiger partial charge in [-0.3, -0.25) is 0 Å². The Kier molecular flexibility index (Phi) is 6.33. The van der Waals surface area contributed by atoms with Crippen molar-refractivity contribution in [3.8, 4) is 5.75 Å². The van der Waals surface area contributed by atoms with Crippen LogP contribution in [0.1, 0.15) is 38.3 Å². The number of likely N-dealkylation sites (N-methyl/N-ethyl adjacent to an activating group) is 1. The highest BCUT2D eigenvalue weighted by Gasteiger charge is 2.19. The summed E-state index contributed by atoms with van der Waals surface area (Å²) in [6.45, 7) is 9.63. The maximum Gasteiger partial charge on any atom is 0.125 e. The molecule has 0 spiro atoms. The number of halogens is 1. The number of ether oxygens (including phenoxy) is 1. The van der Waals surface area contributed by atoms with E-state index in [0.29, 0.717) is 6.04 Å². The first-order valence-corrected chi connectivity index (χ1v) is 8.41. The molecule has 2 rings (SSSR count). The van der Waals surface area contributed by atoms with Crippen LogP contribution in [0.5, 0.6) is 5.75 Å². The zero-order chi connectivity index (χ0) is 14.4. The normalized spacial score (nSPS) is 18.5. The summed E-state index contributed by atoms with van der Waals surface area (Å²) in [5.74, 6) is 1.03. The van der Waals surface area contributed by atoms with E-state index in [9.17, 15) is 0 Å². The van der Waals surface area contributed by atoms with Gasteiger partial charge in [-0.2, -0.15) is 0 Å². The predicted molar refractivity (Wildman–Crippen MR) is 87.4 cm³/mol. The van der Waals surface area contributed by atoms with Gasteiger partial charge in [0.05, 0.1) is 6.61 Å². The van der Waals surface area contributed by atoms with E-state index < -0.39 is 0 Å². The third kappa shape index (κ3) is 4.21. The molecule has 0 radical (unpaired) electrons. The van der Waals surface area contributed by atoms with Crippen molar-refractivity contribution in [1.29, 1.82) is 0 Å². The highest BCUT2D eigenvalue weighted by atomic mass is 79.9. The van der Waals surface area contributed by atoms with E-state index in [-0.39, 0.29) is 0 Å². The molecule has 112 valence electrons. The fraction of sp³-hybridized carbons (Fsp3) is 0.625. The number of nitrogens with zero attached hydrogens (tertiary/aromatic N) is 1. The molecule has 0 amide bonds. The number of nitrogens with one attached hydrogen (secondary N) is 1. The minimum atomic E-state index is 0.413. The molecule has 0 bridgehead atoms. The van der Waals surface area contributed by atoms with Crippen molar-refractivity contribution in [2.24, 2.45) is 0 Å². The minimum absolute atomic E-state index is 0.413. The second kappa shape index (κ2) is 8.01. The molecule has 3 nitrogen and oxygen atoms in total. The van der Waals surface area contributed by atoms with E-state index in [1.165, 1.54) is 5.56 Å². The zero-order valence-corrected chi connectivity index (χ0v) is 14.1. The van der Waals surface area contributed by atoms with Crippen LogP contribution in [0.2, 0.25) is 0 Å². The highest BCUT2D eigenvalue weighted by molar-refractivity contribution is 9.10. The summed E-state index contributed by atoms with van der Waals surface area (Å²) >= 11 is 3.52. The van der Waals surface area contributed by atoms with Gasteiger partial charge in [-0.1, -0.05) is 35.8 Å². The number of fused-ring (bicyclic) bond motifs is 1. The predicted octanol–water partition coefficient (Wildman–Crippen LogP) is 3.59. The van der Waals surface area contributed by atoms with Crippen LogP contribution in [0.4, 0.5) is 0 Å². The molecule has 0 aromatic heterocycles. The van der Waals surface area contributed by atoms with Gasteiger partial charge < -0.3 is 15.0 Å². The van der Waals surface area contributed by atoms with Crippen molar-refractivity contribution in [1.82, 2.24) is 10.2 Å². The van der Waals surface area contributed by atoms with Gasteiger partial charge in [0.15, 0.2) is 0 Å². The average molecular weight is 341 g/mol. The molecule has 1 heterocycles. The van der Waals surface area contributed by atoms with E-state index in [4.69, 9.17) is 4.74 Å². The van der Waals surface area contributed by atoms with Gasteiger partial charge in [-0.05, 0) is 38.1 Å². The van der Waals surface area contributed by atoms with Crippen molar-refractivity contribution >= 4 is 15.9 Å². The van der Waals surface area contributed by atoms with Crippen LogP contribution in [0, 0.1) is 0 Å². The summed E-state index contributed by atoms with van der Waals surface area (Å²) in [5.41, 5.74) is 1.30. The van der Waals surface area contributed by atoms with Crippen molar-refractivity contribution < 1.29 is 4.74 Å². The molecule has 0 saturated carbocycles. The molecular formula is C16H25BrN2O. The highest BCUT2D eigenvalue weighted by Crippen LogP contribution is 2.33. The lowest BCUT2D eigenvalue weighted by molar-refractivity contribution is 0.293. The Morgan fingerprint density at radius 3 is 2.90 bits per heavy atom. The number of rotatable bonds is 6. The first-order valence-electron chi connectivity index (χ1n) is 7.62. The molecule has 1 aromatic carbocycles. The number of hydrogen-bond acceptors (Lipinski definition) is 3. The van der Waals surface area contributed by atoms with Crippen LogP contribution in [-0.4, -0.2) is 37.7 Å². The topological polar surface area (TPSA) is 24.5 Å². The van der Waals surface area contributed by atoms with Crippen LogP contribution in [0.15, 0.2) is 22.7 Å². The van der Waals surface area contributed by atoms with Crippen LogP contribution in [-0.2, 0) is 0 Å². The van der Waals surface area contributed by atoms with Gasteiger partial charge in [-0.15, -0.1) is 0 Å². The van der Waals surface area contributed by atoms with Crippen molar-refractivity contribution in [3.63, 3.8) is 0 Å². The lowest BCUT2D eigenvalue weighted by atomic mass is 10.0. The third-order valence-corrected chi connectivity index (χ3v) is 4.45. The minimum Gasteiger partial charge on any atom is -0.493 e. The summed E-state index contributed by atoms with van der Waals surface area (Å²) in [4.78, 5) is 2.45. The van der Waals surface area contributed by atoms with Crippen LogP contribution >= 0.6 is 15.9 Å². The fourth-order valence-corrected chi connectivity index (χ4v) is 3.03. The molecule has 1 unspecified atom stereocenters. The fourth-order valence-electron chi connectivity index (χ4n) is 2.69. The van der Waals surface area contributed by atoms with Crippen molar-refractivity contribution in [2.45, 2.75) is 32.7 Å². The maximum atomic E-state index is 5.85. The Morgan fingerprint density at radius 2 is 2.15 bits per heavy atom. The summed E-state index contributed by atoms with van der Waals surface area (Å²) in [7, 11) is 0. The molecule has 0 saturated heterocycles. The molecule has 1 aliphatic heterocycles. The van der Waals surface area contributed by atoms with Crippen LogP contribution in [0.25, 0.3) is 0 Å². The van der Waals surface area contributed by atoms with Crippen LogP contribution in [0.3, 0.4) is 0 Å². The van der Waals surface area contributed by atoms with Gasteiger partial charge in [0.25, 0.3) is 0 Å². The molecule has 4 heteroatoms. The van der Waals surface area contributed by atoms with Crippen LogP contribution < -0.4 is 10.1 Å². The number of hydrogen-bond donors (Lipinski definition) is 1. The summed E-state index contributed by atoms with van der Waals surface area (Å²) in [6.07, 6.45) is 2.25. The van der Waals surface area contributed by atoms with Gasteiger partial charge in [0, 0.05) is 29.2 Å². The molecular weight excluding hydrogens is 316 g/mol. The summed E-state index contributed by atoms with van der Waals surface area (Å²) in [5, 5.41) is 3.70. The number of benzene rings is 1. The van der Waals surface area contributed by atoms with E-state index in [1.54, 1.807) is 0 Å². The third-order valence-electron chi connectivity index (χ3n) is 3.96. The Balaban J connectivity index is 1.98. The first kappa shape index (κ1) is 15.8. The molecule has 0 aliphatic carbocycles. The molecule has 1 aromatic rings. The Morgan fingerprint density at radius 1 is 1.35 bits per heavy atom. The van der Waals surface area contributed by atoms with E-state index in [0.717, 1.165) is 55.8 Å². The average Bonchev–Trinajstić information content (AvgIpc) is 2.65. The first-order chi connectivity index (χ1) is 9.74. The van der Waals surface area contributed by atoms with Gasteiger partial charge in [-0.25, -0.2) is 0 Å². The van der Waals surface area contributed by atoms with E-state index >= 15 is 0 Å². The van der Waals surface area contributed by atoms with E-state index in [1.807, 2.05) is 0 Å². The SMILES string of the molecule is CCN(CC)CCNC1CCCOc2cc(Br)ccc21. The maximum absolute atomic E-state index is 5.85. The molecule has 1 atom stereocenters. The second-order valence-corrected chi connectivity index (χ2v) is 6.12. The Bertz CT molecular complexity index is 421. The lowest BCUT2D eigenvalue weighted by Crippen LogP contribution is -2.33. The second-order valence-electron chi connectivity index (χ2n) is 5.21. The molecule has 1 aliphatic rings. The van der Waals surface area contributed by atoms with E-state index in [2.05, 4.69) is 58.2 Å². The molecule has 20 heavy (non-hydrogen) atoms. The lowest BCUT2D eigenvalue weighted by Gasteiger charge is -2.22. The largest absolute Gasteiger partial charge is 0.493 e. The van der Waals surface area contributed by atoms with Crippen molar-refractivity contribution in [2.75, 3.05) is 32.8 Å².